The molecule has 0 unspecified atom stereocenters. The maximum Gasteiger partial charge on any atom is 0.223 e. The van der Waals surface area contributed by atoms with Crippen LogP contribution in [0.2, 0.25) is 0 Å². The van der Waals surface area contributed by atoms with Gasteiger partial charge < -0.3 is 15.1 Å². The monoisotopic (exact) mass is 378 g/mol. The molecule has 27 heavy (non-hydrogen) atoms. The first-order chi connectivity index (χ1) is 13.1. The molecule has 2 aliphatic heterocycles. The van der Waals surface area contributed by atoms with Crippen LogP contribution in [0.4, 0.5) is 0 Å². The molecular weight excluding hydrogens is 340 g/mol. The molecule has 2 heterocycles. The van der Waals surface area contributed by atoms with E-state index in [1.165, 1.54) is 25.8 Å². The number of nitrogens with one attached hydrogen (secondary N) is 1. The first-order valence-corrected chi connectivity index (χ1v) is 11.1. The highest BCUT2D eigenvalue weighted by atomic mass is 16.2. The minimum Gasteiger partial charge on any atom is -0.355 e. The lowest BCUT2D eigenvalue weighted by Gasteiger charge is -2.38. The van der Waals surface area contributed by atoms with Crippen molar-refractivity contribution in [2.45, 2.75) is 51.9 Å². The van der Waals surface area contributed by atoms with E-state index >= 15 is 0 Å². The van der Waals surface area contributed by atoms with Crippen molar-refractivity contribution in [1.82, 2.24) is 20.0 Å². The number of piperidine rings is 1. The molecule has 3 fully saturated rings. The predicted molar refractivity (Wildman–Crippen MR) is 107 cm³/mol. The molecule has 0 aromatic carbocycles. The smallest absolute Gasteiger partial charge is 0.223 e. The predicted octanol–water partition coefficient (Wildman–Crippen LogP) is 1.56. The summed E-state index contributed by atoms with van der Waals surface area (Å²) in [6.07, 6.45) is 8.18. The van der Waals surface area contributed by atoms with E-state index in [0.29, 0.717) is 0 Å². The molecule has 6 heteroatoms. The van der Waals surface area contributed by atoms with Crippen LogP contribution in [0.1, 0.15) is 51.9 Å². The van der Waals surface area contributed by atoms with Gasteiger partial charge in [0.25, 0.3) is 0 Å². The Kier molecular flexibility index (Phi) is 7.94. The van der Waals surface area contributed by atoms with E-state index in [1.54, 1.807) is 6.92 Å². The second-order valence-corrected chi connectivity index (χ2v) is 8.72. The maximum absolute atomic E-state index is 12.2. The van der Waals surface area contributed by atoms with Crippen molar-refractivity contribution in [1.29, 1.82) is 0 Å². The van der Waals surface area contributed by atoms with Gasteiger partial charge in [0.2, 0.25) is 11.8 Å². The van der Waals surface area contributed by atoms with Gasteiger partial charge in [0.1, 0.15) is 0 Å². The molecule has 6 nitrogen and oxygen atoms in total. The van der Waals surface area contributed by atoms with Crippen LogP contribution in [0.3, 0.4) is 0 Å². The van der Waals surface area contributed by atoms with E-state index < -0.39 is 0 Å². The summed E-state index contributed by atoms with van der Waals surface area (Å²) in [5.41, 5.74) is 0. The number of likely N-dealkylation sites (tertiary alicyclic amines) is 1. The Bertz CT molecular complexity index is 477. The van der Waals surface area contributed by atoms with Crippen molar-refractivity contribution in [3.05, 3.63) is 0 Å². The van der Waals surface area contributed by atoms with Gasteiger partial charge in [-0.1, -0.05) is 19.3 Å². The van der Waals surface area contributed by atoms with E-state index in [4.69, 9.17) is 0 Å². The van der Waals surface area contributed by atoms with Crippen molar-refractivity contribution in [3.63, 3.8) is 0 Å². The number of hydrogen-bond acceptors (Lipinski definition) is 4. The summed E-state index contributed by atoms with van der Waals surface area (Å²) in [6, 6.07) is 0. The molecular formula is C21H38N4O2. The third-order valence-electron chi connectivity index (χ3n) is 6.74. The lowest BCUT2D eigenvalue weighted by atomic mass is 9.89. The second-order valence-electron chi connectivity index (χ2n) is 8.72. The van der Waals surface area contributed by atoms with Gasteiger partial charge in [0.05, 0.1) is 0 Å². The summed E-state index contributed by atoms with van der Waals surface area (Å²) in [7, 11) is 0. The van der Waals surface area contributed by atoms with Crippen LogP contribution in [-0.4, -0.2) is 85.4 Å². The van der Waals surface area contributed by atoms with Crippen molar-refractivity contribution in [2.24, 2.45) is 11.8 Å². The fourth-order valence-electron chi connectivity index (χ4n) is 4.84. The zero-order valence-corrected chi connectivity index (χ0v) is 17.1. The second kappa shape index (κ2) is 10.4. The Balaban J connectivity index is 1.26. The summed E-state index contributed by atoms with van der Waals surface area (Å²) in [5.74, 6) is 1.51. The minimum absolute atomic E-state index is 0.220. The first kappa shape index (κ1) is 20.6. The van der Waals surface area contributed by atoms with Crippen LogP contribution in [0.5, 0.6) is 0 Å². The zero-order valence-electron chi connectivity index (χ0n) is 17.1. The summed E-state index contributed by atoms with van der Waals surface area (Å²) in [6.45, 7) is 10.9. The number of rotatable bonds is 6. The lowest BCUT2D eigenvalue weighted by molar-refractivity contribution is -0.130. The average Bonchev–Trinajstić information content (AvgIpc) is 2.70. The van der Waals surface area contributed by atoms with Crippen molar-refractivity contribution >= 4 is 11.8 Å². The molecule has 3 rings (SSSR count). The quantitative estimate of drug-likeness (QED) is 0.762. The van der Waals surface area contributed by atoms with E-state index in [0.717, 1.165) is 84.0 Å². The summed E-state index contributed by atoms with van der Waals surface area (Å²) in [5, 5.41) is 3.16. The van der Waals surface area contributed by atoms with Gasteiger partial charge in [-0.05, 0) is 31.6 Å². The molecule has 1 aliphatic carbocycles. The zero-order chi connectivity index (χ0) is 19.1. The van der Waals surface area contributed by atoms with Crippen LogP contribution in [-0.2, 0) is 9.59 Å². The summed E-state index contributed by atoms with van der Waals surface area (Å²) < 4.78 is 0. The maximum atomic E-state index is 12.2. The van der Waals surface area contributed by atoms with Gasteiger partial charge in [-0.25, -0.2) is 0 Å². The number of amides is 2. The van der Waals surface area contributed by atoms with Crippen LogP contribution in [0, 0.1) is 11.8 Å². The average molecular weight is 379 g/mol. The molecule has 2 amide bonds. The van der Waals surface area contributed by atoms with Gasteiger partial charge in [-0.15, -0.1) is 0 Å². The summed E-state index contributed by atoms with van der Waals surface area (Å²) >= 11 is 0. The standard InChI is InChI=1S/C21H38N4O2/c1-18(26)25-10-7-19(8-11-25)17-24-15-13-23(14-16-24)12-9-22-21(27)20-5-3-2-4-6-20/h19-20H,2-17H2,1H3,(H,22,27). The third kappa shape index (κ3) is 6.46. The lowest BCUT2D eigenvalue weighted by Crippen LogP contribution is -2.50. The van der Waals surface area contributed by atoms with Gasteiger partial charge in [0.15, 0.2) is 0 Å². The molecule has 1 saturated carbocycles. The van der Waals surface area contributed by atoms with Gasteiger partial charge in [-0.3, -0.25) is 14.5 Å². The Morgan fingerprint density at radius 1 is 0.852 bits per heavy atom. The normalized spacial score (nSPS) is 24.1. The van der Waals surface area contributed by atoms with Gasteiger partial charge in [0, 0.05) is 71.7 Å². The largest absolute Gasteiger partial charge is 0.355 e. The van der Waals surface area contributed by atoms with Crippen molar-refractivity contribution in [2.75, 3.05) is 58.9 Å². The highest BCUT2D eigenvalue weighted by Gasteiger charge is 2.25. The van der Waals surface area contributed by atoms with Crippen molar-refractivity contribution < 1.29 is 9.59 Å². The van der Waals surface area contributed by atoms with Crippen LogP contribution in [0.15, 0.2) is 0 Å². The van der Waals surface area contributed by atoms with Crippen molar-refractivity contribution in [3.8, 4) is 0 Å². The number of carbonyl (C=O) groups excluding carboxylic acids is 2. The van der Waals surface area contributed by atoms with Crippen LogP contribution in [0.25, 0.3) is 0 Å². The number of piperazine rings is 1. The fourth-order valence-corrected chi connectivity index (χ4v) is 4.84. The number of nitrogens with zero attached hydrogens (tertiary/aromatic N) is 3. The minimum atomic E-state index is 0.220. The molecule has 0 aromatic heterocycles. The topological polar surface area (TPSA) is 55.9 Å². The van der Waals surface area contributed by atoms with Crippen LogP contribution >= 0.6 is 0 Å². The molecule has 154 valence electrons. The highest BCUT2D eigenvalue weighted by molar-refractivity contribution is 5.78. The number of hydrogen-bond donors (Lipinski definition) is 1. The molecule has 0 radical (unpaired) electrons. The Morgan fingerprint density at radius 2 is 1.48 bits per heavy atom. The Labute approximate surface area is 164 Å². The van der Waals surface area contributed by atoms with E-state index in [-0.39, 0.29) is 17.7 Å². The Morgan fingerprint density at radius 3 is 2.11 bits per heavy atom. The molecule has 1 N–H and O–H groups in total. The SMILES string of the molecule is CC(=O)N1CCC(CN2CCN(CCNC(=O)C3CCCCC3)CC2)CC1. The van der Waals surface area contributed by atoms with Gasteiger partial charge >= 0.3 is 0 Å². The highest BCUT2D eigenvalue weighted by Crippen LogP contribution is 2.23. The summed E-state index contributed by atoms with van der Waals surface area (Å²) in [4.78, 5) is 30.7. The molecule has 3 aliphatic rings. The van der Waals surface area contributed by atoms with Crippen LogP contribution < -0.4 is 5.32 Å². The molecule has 0 bridgehead atoms. The number of carbonyl (C=O) groups is 2. The molecule has 0 atom stereocenters. The van der Waals surface area contributed by atoms with E-state index in [2.05, 4.69) is 15.1 Å². The third-order valence-corrected chi connectivity index (χ3v) is 6.74. The first-order valence-electron chi connectivity index (χ1n) is 11.1. The molecule has 0 aromatic rings. The van der Waals surface area contributed by atoms with E-state index in [1.807, 2.05) is 4.90 Å². The van der Waals surface area contributed by atoms with E-state index in [9.17, 15) is 9.59 Å². The molecule has 0 spiro atoms. The molecule has 2 saturated heterocycles. The fraction of sp³-hybridized carbons (Fsp3) is 0.905. The Hall–Kier alpha value is -1.14. The van der Waals surface area contributed by atoms with Gasteiger partial charge in [-0.2, -0.15) is 0 Å².